The van der Waals surface area contributed by atoms with Gasteiger partial charge < -0.3 is 14.4 Å². The molecule has 0 radical (unpaired) electrons. The number of carbonyl (C=O) groups excluding carboxylic acids is 5. The molecule has 2 aromatic carbocycles. The van der Waals surface area contributed by atoms with Gasteiger partial charge >= 0.3 is 0 Å². The Labute approximate surface area is 246 Å². The van der Waals surface area contributed by atoms with Crippen LogP contribution in [-0.4, -0.2) is 77.2 Å². The number of rotatable bonds is 11. The highest BCUT2D eigenvalue weighted by Gasteiger charge is 2.46. The SMILES string of the molecule is CN(C(=O)CCOCCOc1cccc2c1C(=O)N(C1CCC(=O)NC1=O)C2=O)C(c1ccc(F)cc1)c1cccnc1. The largest absolute Gasteiger partial charge is 0.490 e. The average Bonchev–Trinajstić information content (AvgIpc) is 3.26. The van der Waals surface area contributed by atoms with E-state index in [-0.39, 0.29) is 67.7 Å². The van der Waals surface area contributed by atoms with Gasteiger partial charge in [0.05, 0.1) is 36.8 Å². The lowest BCUT2D eigenvalue weighted by Gasteiger charge is -2.29. The summed E-state index contributed by atoms with van der Waals surface area (Å²) >= 11 is 0. The van der Waals surface area contributed by atoms with Crippen molar-refractivity contribution in [1.82, 2.24) is 20.1 Å². The molecule has 0 saturated carbocycles. The zero-order valence-corrected chi connectivity index (χ0v) is 23.3. The Kier molecular flexibility index (Phi) is 8.86. The van der Waals surface area contributed by atoms with Gasteiger partial charge in [-0.25, -0.2) is 4.39 Å². The van der Waals surface area contributed by atoms with Crippen LogP contribution in [0.25, 0.3) is 0 Å². The van der Waals surface area contributed by atoms with Gasteiger partial charge in [-0.3, -0.25) is 39.2 Å². The van der Waals surface area contributed by atoms with Gasteiger partial charge in [0.25, 0.3) is 11.8 Å². The Morgan fingerprint density at radius 1 is 1.02 bits per heavy atom. The van der Waals surface area contributed by atoms with Crippen molar-refractivity contribution in [2.24, 2.45) is 0 Å². The van der Waals surface area contributed by atoms with E-state index in [0.717, 1.165) is 16.0 Å². The van der Waals surface area contributed by atoms with Crippen LogP contribution >= 0.6 is 0 Å². The van der Waals surface area contributed by atoms with Crippen LogP contribution in [0.4, 0.5) is 4.39 Å². The number of imide groups is 2. The summed E-state index contributed by atoms with van der Waals surface area (Å²) in [7, 11) is 1.67. The molecule has 222 valence electrons. The number of aromatic nitrogens is 1. The van der Waals surface area contributed by atoms with Gasteiger partial charge in [-0.15, -0.1) is 0 Å². The minimum Gasteiger partial charge on any atom is -0.490 e. The Balaban J connectivity index is 1.14. The number of carbonyl (C=O) groups is 5. The van der Waals surface area contributed by atoms with E-state index in [1.54, 1.807) is 54.7 Å². The highest BCUT2D eigenvalue weighted by atomic mass is 19.1. The van der Waals surface area contributed by atoms with E-state index in [2.05, 4.69) is 10.3 Å². The maximum atomic E-state index is 13.5. The monoisotopic (exact) mass is 588 g/mol. The number of pyridine rings is 1. The number of halogens is 1. The second-order valence-corrected chi connectivity index (χ2v) is 10.1. The number of ether oxygens (including phenoxy) is 2. The molecule has 0 bridgehead atoms. The molecule has 1 N–H and O–H groups in total. The van der Waals surface area contributed by atoms with Crippen LogP contribution in [0.1, 0.15) is 57.1 Å². The van der Waals surface area contributed by atoms with E-state index in [0.29, 0.717) is 0 Å². The molecule has 0 spiro atoms. The molecule has 1 aromatic heterocycles. The highest BCUT2D eigenvalue weighted by Crippen LogP contribution is 2.33. The van der Waals surface area contributed by atoms with Crippen LogP contribution in [0.2, 0.25) is 0 Å². The second kappa shape index (κ2) is 12.9. The molecule has 11 nitrogen and oxygen atoms in total. The first-order valence-electron chi connectivity index (χ1n) is 13.7. The molecule has 2 atom stereocenters. The molecule has 2 unspecified atom stereocenters. The van der Waals surface area contributed by atoms with Crippen molar-refractivity contribution < 1.29 is 37.8 Å². The summed E-state index contributed by atoms with van der Waals surface area (Å²) in [6.07, 6.45) is 3.45. The van der Waals surface area contributed by atoms with Gasteiger partial charge in [-0.05, 0) is 47.9 Å². The summed E-state index contributed by atoms with van der Waals surface area (Å²) in [5.74, 6) is -2.82. The lowest BCUT2D eigenvalue weighted by Crippen LogP contribution is -2.54. The molecule has 12 heteroatoms. The lowest BCUT2D eigenvalue weighted by atomic mass is 9.98. The van der Waals surface area contributed by atoms with Crippen molar-refractivity contribution >= 4 is 29.5 Å². The van der Waals surface area contributed by atoms with E-state index in [9.17, 15) is 28.4 Å². The molecule has 2 aliphatic rings. The van der Waals surface area contributed by atoms with Gasteiger partial charge in [0.2, 0.25) is 17.7 Å². The Morgan fingerprint density at radius 3 is 2.53 bits per heavy atom. The second-order valence-electron chi connectivity index (χ2n) is 10.1. The molecular weight excluding hydrogens is 559 g/mol. The van der Waals surface area contributed by atoms with Crippen LogP contribution in [0.5, 0.6) is 5.75 Å². The maximum absolute atomic E-state index is 13.5. The van der Waals surface area contributed by atoms with Crippen LogP contribution < -0.4 is 10.1 Å². The van der Waals surface area contributed by atoms with Crippen LogP contribution in [0.15, 0.2) is 67.0 Å². The molecule has 2 aliphatic heterocycles. The molecule has 1 saturated heterocycles. The predicted molar refractivity (Wildman–Crippen MR) is 149 cm³/mol. The van der Waals surface area contributed by atoms with Crippen molar-refractivity contribution in [2.45, 2.75) is 31.3 Å². The summed E-state index contributed by atoms with van der Waals surface area (Å²) in [6, 6.07) is 12.6. The number of piperidine rings is 1. The van der Waals surface area contributed by atoms with Crippen LogP contribution in [-0.2, 0) is 19.1 Å². The quantitative estimate of drug-likeness (QED) is 0.267. The van der Waals surface area contributed by atoms with Gasteiger partial charge in [-0.1, -0.05) is 24.3 Å². The summed E-state index contributed by atoms with van der Waals surface area (Å²) < 4.78 is 24.9. The molecule has 5 rings (SSSR count). The fourth-order valence-electron chi connectivity index (χ4n) is 5.22. The molecule has 3 aromatic rings. The smallest absolute Gasteiger partial charge is 0.266 e. The van der Waals surface area contributed by atoms with Gasteiger partial charge in [0.15, 0.2) is 0 Å². The Bertz CT molecular complexity index is 1550. The van der Waals surface area contributed by atoms with Crippen molar-refractivity contribution in [1.29, 1.82) is 0 Å². The van der Waals surface area contributed by atoms with Crippen LogP contribution in [0.3, 0.4) is 0 Å². The van der Waals surface area contributed by atoms with Gasteiger partial charge in [0, 0.05) is 25.9 Å². The van der Waals surface area contributed by atoms with E-state index >= 15 is 0 Å². The maximum Gasteiger partial charge on any atom is 0.266 e. The molecule has 5 amide bonds. The number of hydrogen-bond acceptors (Lipinski definition) is 8. The normalized spacial score (nSPS) is 17.0. The van der Waals surface area contributed by atoms with Crippen molar-refractivity contribution in [2.75, 3.05) is 26.9 Å². The fraction of sp³-hybridized carbons (Fsp3) is 0.290. The third kappa shape index (κ3) is 6.28. The topological polar surface area (TPSA) is 135 Å². The van der Waals surface area contributed by atoms with E-state index in [1.807, 2.05) is 6.07 Å². The van der Waals surface area contributed by atoms with Crippen molar-refractivity contribution in [3.8, 4) is 5.75 Å². The summed E-state index contributed by atoms with van der Waals surface area (Å²) in [5, 5.41) is 2.17. The summed E-state index contributed by atoms with van der Waals surface area (Å²) in [5.41, 5.74) is 1.68. The summed E-state index contributed by atoms with van der Waals surface area (Å²) in [4.78, 5) is 69.6. The molecular formula is C31H29FN4O7. The third-order valence-electron chi connectivity index (χ3n) is 7.34. The zero-order chi connectivity index (χ0) is 30.5. The van der Waals surface area contributed by atoms with Crippen molar-refractivity contribution in [3.63, 3.8) is 0 Å². The molecule has 43 heavy (non-hydrogen) atoms. The molecule has 1 fully saturated rings. The standard InChI is InChI=1S/C31H29FN4O7/c1-35(28(20-4-3-14-33-18-20)19-7-9-21(32)10-8-19)26(38)13-15-42-16-17-43-24-6-2-5-22-27(24)31(41)36(30(22)40)23-11-12-25(37)34-29(23)39/h2-10,14,18,23,28H,11-13,15-17H2,1H3,(H,34,37,39). The number of benzene rings is 2. The van der Waals surface area contributed by atoms with E-state index in [4.69, 9.17) is 9.47 Å². The van der Waals surface area contributed by atoms with Crippen molar-refractivity contribution in [3.05, 3.63) is 95.1 Å². The number of fused-ring (bicyclic) bond motifs is 1. The first-order valence-corrected chi connectivity index (χ1v) is 13.7. The van der Waals surface area contributed by atoms with Gasteiger partial charge in [-0.2, -0.15) is 0 Å². The van der Waals surface area contributed by atoms with Crippen LogP contribution in [0, 0.1) is 5.82 Å². The molecule has 0 aliphatic carbocycles. The Hall–Kier alpha value is -4.97. The first-order chi connectivity index (χ1) is 20.8. The minimum absolute atomic E-state index is 0.0269. The zero-order valence-electron chi connectivity index (χ0n) is 23.3. The number of amides is 5. The number of nitrogens with zero attached hydrogens (tertiary/aromatic N) is 3. The summed E-state index contributed by atoms with van der Waals surface area (Å²) in [6.45, 7) is 0.237. The third-order valence-corrected chi connectivity index (χ3v) is 7.34. The number of nitrogens with one attached hydrogen (secondary N) is 1. The predicted octanol–water partition coefficient (Wildman–Crippen LogP) is 2.66. The average molecular weight is 589 g/mol. The molecule has 3 heterocycles. The number of hydrogen-bond donors (Lipinski definition) is 1. The van der Waals surface area contributed by atoms with Gasteiger partial charge in [0.1, 0.15) is 24.2 Å². The minimum atomic E-state index is -1.07. The Morgan fingerprint density at radius 2 is 1.81 bits per heavy atom. The van der Waals surface area contributed by atoms with E-state index in [1.165, 1.54) is 18.2 Å². The lowest BCUT2D eigenvalue weighted by molar-refractivity contribution is -0.136. The highest BCUT2D eigenvalue weighted by molar-refractivity contribution is 6.24. The first kappa shape index (κ1) is 29.5. The fourth-order valence-corrected chi connectivity index (χ4v) is 5.22. The van der Waals surface area contributed by atoms with E-state index < -0.39 is 35.7 Å².